The number of nitrogens with one attached hydrogen (secondary N) is 1. The van der Waals surface area contributed by atoms with E-state index in [-0.39, 0.29) is 42.0 Å². The van der Waals surface area contributed by atoms with E-state index < -0.39 is 11.6 Å². The van der Waals surface area contributed by atoms with Gasteiger partial charge in [0.05, 0.1) is 6.54 Å². The second kappa shape index (κ2) is 9.06. The van der Waals surface area contributed by atoms with E-state index in [0.717, 1.165) is 31.2 Å². The van der Waals surface area contributed by atoms with E-state index >= 15 is 0 Å². The maximum atomic E-state index is 13.3. The molecular weight excluding hydrogens is 363 g/mol. The molecule has 1 rings (SSSR count). The smallest absolute Gasteiger partial charge is 0.188 e. The van der Waals surface area contributed by atoms with E-state index in [4.69, 9.17) is 5.73 Å². The van der Waals surface area contributed by atoms with Gasteiger partial charge >= 0.3 is 0 Å². The Morgan fingerprint density at radius 3 is 2.68 bits per heavy atom. The number of aliphatic imine (C=N–C) groups is 1. The average molecular weight is 383 g/mol. The summed E-state index contributed by atoms with van der Waals surface area (Å²) >= 11 is 0. The van der Waals surface area contributed by atoms with Gasteiger partial charge in [-0.05, 0) is 30.5 Å². The predicted octanol–water partition coefficient (Wildman–Crippen LogP) is 3.03. The van der Waals surface area contributed by atoms with E-state index in [2.05, 4.69) is 24.2 Å². The van der Waals surface area contributed by atoms with Crippen LogP contribution in [0.15, 0.2) is 23.2 Å². The van der Waals surface area contributed by atoms with Gasteiger partial charge < -0.3 is 11.1 Å². The monoisotopic (exact) mass is 383 g/mol. The number of nitrogens with two attached hydrogens (primary N) is 1. The first-order chi connectivity index (χ1) is 8.49. The number of hydrogen-bond donors (Lipinski definition) is 2. The van der Waals surface area contributed by atoms with Crippen LogP contribution in [-0.4, -0.2) is 12.5 Å². The molecule has 1 aromatic carbocycles. The molecule has 0 atom stereocenters. The summed E-state index contributed by atoms with van der Waals surface area (Å²) in [6, 6.07) is 3.29. The van der Waals surface area contributed by atoms with Crippen molar-refractivity contribution in [1.29, 1.82) is 0 Å². The minimum Gasteiger partial charge on any atom is -0.370 e. The number of nitrogens with zero attached hydrogens (tertiary/aromatic N) is 1. The highest BCUT2D eigenvalue weighted by molar-refractivity contribution is 14.0. The number of hydrogen-bond acceptors (Lipinski definition) is 1. The van der Waals surface area contributed by atoms with Crippen molar-refractivity contribution in [1.82, 2.24) is 5.32 Å². The number of rotatable bonds is 5. The van der Waals surface area contributed by atoms with Crippen molar-refractivity contribution in [3.8, 4) is 0 Å². The van der Waals surface area contributed by atoms with Gasteiger partial charge in [-0.1, -0.05) is 13.8 Å². The lowest BCUT2D eigenvalue weighted by Gasteiger charge is -2.07. The zero-order valence-corrected chi connectivity index (χ0v) is 13.4. The number of benzene rings is 1. The Balaban J connectivity index is 0.00000324. The van der Waals surface area contributed by atoms with Crippen LogP contribution in [0.2, 0.25) is 0 Å². The predicted molar refractivity (Wildman–Crippen MR) is 84.6 cm³/mol. The highest BCUT2D eigenvalue weighted by Crippen LogP contribution is 2.10. The van der Waals surface area contributed by atoms with E-state index in [9.17, 15) is 8.78 Å². The summed E-state index contributed by atoms with van der Waals surface area (Å²) in [5, 5.41) is 2.93. The molecule has 0 bridgehead atoms. The maximum absolute atomic E-state index is 13.3. The van der Waals surface area contributed by atoms with Gasteiger partial charge in [-0.25, -0.2) is 13.8 Å². The molecule has 0 amide bonds. The molecule has 1 aromatic rings. The Morgan fingerprint density at radius 1 is 1.37 bits per heavy atom. The Morgan fingerprint density at radius 2 is 2.05 bits per heavy atom. The molecule has 3 N–H and O–H groups in total. The molecule has 0 aliphatic carbocycles. The molecule has 0 saturated carbocycles. The van der Waals surface area contributed by atoms with E-state index in [1.807, 2.05) is 0 Å². The quantitative estimate of drug-likeness (QED) is 0.467. The molecule has 0 radical (unpaired) electrons. The van der Waals surface area contributed by atoms with Crippen LogP contribution < -0.4 is 11.1 Å². The van der Waals surface area contributed by atoms with Crippen LogP contribution in [0.5, 0.6) is 0 Å². The van der Waals surface area contributed by atoms with Gasteiger partial charge in [-0.15, -0.1) is 24.0 Å². The van der Waals surface area contributed by atoms with Crippen molar-refractivity contribution in [3.63, 3.8) is 0 Å². The topological polar surface area (TPSA) is 50.4 Å². The summed E-state index contributed by atoms with van der Waals surface area (Å²) in [6.45, 7) is 4.97. The van der Waals surface area contributed by atoms with Crippen LogP contribution in [0, 0.1) is 17.6 Å². The van der Waals surface area contributed by atoms with Crippen LogP contribution in [0.1, 0.15) is 25.8 Å². The van der Waals surface area contributed by atoms with Gasteiger partial charge in [0.2, 0.25) is 0 Å². The largest absolute Gasteiger partial charge is 0.370 e. The van der Waals surface area contributed by atoms with E-state index in [1.54, 1.807) is 0 Å². The van der Waals surface area contributed by atoms with Gasteiger partial charge in [0, 0.05) is 12.1 Å². The number of halogens is 3. The third-order valence-corrected chi connectivity index (χ3v) is 2.46. The lowest BCUT2D eigenvalue weighted by molar-refractivity contribution is 0.575. The molecule has 3 nitrogen and oxygen atoms in total. The Hall–Kier alpha value is -0.920. The van der Waals surface area contributed by atoms with E-state index in [1.165, 1.54) is 0 Å². The fraction of sp³-hybridized carbons (Fsp3) is 0.462. The van der Waals surface area contributed by atoms with Crippen LogP contribution in [0.3, 0.4) is 0 Å². The SMILES string of the molecule is CC(C)CCNC(N)=NCc1cc(F)ccc1F.I. The van der Waals surface area contributed by atoms with Crippen LogP contribution in [0.4, 0.5) is 8.78 Å². The zero-order valence-electron chi connectivity index (χ0n) is 11.1. The summed E-state index contributed by atoms with van der Waals surface area (Å²) in [5.74, 6) is -0.131. The average Bonchev–Trinajstić information content (AvgIpc) is 2.30. The maximum Gasteiger partial charge on any atom is 0.188 e. The lowest BCUT2D eigenvalue weighted by Crippen LogP contribution is -2.32. The van der Waals surface area contributed by atoms with Gasteiger partial charge in [-0.3, -0.25) is 0 Å². The standard InChI is InChI=1S/C13H19F2N3.HI/c1-9(2)5-6-17-13(16)18-8-10-7-11(14)3-4-12(10)15;/h3-4,7,9H,5-6,8H2,1-2H3,(H3,16,17,18);1H. The molecule has 108 valence electrons. The summed E-state index contributed by atoms with van der Waals surface area (Å²) < 4.78 is 26.2. The summed E-state index contributed by atoms with van der Waals surface area (Å²) in [4.78, 5) is 3.97. The third kappa shape index (κ3) is 7.29. The van der Waals surface area contributed by atoms with Gasteiger partial charge in [0.15, 0.2) is 5.96 Å². The third-order valence-electron chi connectivity index (χ3n) is 2.46. The Kier molecular flexibility index (Phi) is 8.62. The van der Waals surface area contributed by atoms with Crippen molar-refractivity contribution >= 4 is 29.9 Å². The highest BCUT2D eigenvalue weighted by Gasteiger charge is 2.03. The van der Waals surface area contributed by atoms with Gasteiger partial charge in [-0.2, -0.15) is 0 Å². The minimum atomic E-state index is -0.479. The van der Waals surface area contributed by atoms with Crippen molar-refractivity contribution < 1.29 is 8.78 Å². The van der Waals surface area contributed by atoms with Gasteiger partial charge in [0.25, 0.3) is 0 Å². The first kappa shape index (κ1) is 18.1. The van der Waals surface area contributed by atoms with Crippen molar-refractivity contribution in [2.45, 2.75) is 26.8 Å². The highest BCUT2D eigenvalue weighted by atomic mass is 127. The van der Waals surface area contributed by atoms with E-state index in [0.29, 0.717) is 5.92 Å². The fourth-order valence-corrected chi connectivity index (χ4v) is 1.38. The van der Waals surface area contributed by atoms with Crippen LogP contribution >= 0.6 is 24.0 Å². The first-order valence-electron chi connectivity index (χ1n) is 5.96. The molecule has 0 spiro atoms. The summed E-state index contributed by atoms with van der Waals surface area (Å²) in [5.41, 5.74) is 5.82. The summed E-state index contributed by atoms with van der Waals surface area (Å²) in [7, 11) is 0. The van der Waals surface area contributed by atoms with Crippen LogP contribution in [0.25, 0.3) is 0 Å². The lowest BCUT2D eigenvalue weighted by atomic mass is 10.1. The molecule has 0 heterocycles. The molecule has 0 saturated heterocycles. The van der Waals surface area contributed by atoms with Crippen molar-refractivity contribution in [2.24, 2.45) is 16.6 Å². The minimum absolute atomic E-state index is 0. The molecule has 0 unspecified atom stereocenters. The molecular formula is C13H20F2IN3. The Labute approximate surface area is 129 Å². The van der Waals surface area contributed by atoms with Crippen LogP contribution in [-0.2, 0) is 6.54 Å². The van der Waals surface area contributed by atoms with Crippen molar-refractivity contribution in [3.05, 3.63) is 35.4 Å². The molecule has 6 heteroatoms. The second-order valence-corrected chi connectivity index (χ2v) is 4.55. The molecule has 0 aromatic heterocycles. The van der Waals surface area contributed by atoms with Crippen molar-refractivity contribution in [2.75, 3.05) is 6.54 Å². The number of guanidine groups is 1. The molecule has 0 aliphatic rings. The molecule has 0 fully saturated rings. The Bertz CT molecular complexity index is 422. The molecule has 19 heavy (non-hydrogen) atoms. The fourth-order valence-electron chi connectivity index (χ4n) is 1.38. The van der Waals surface area contributed by atoms with Gasteiger partial charge in [0.1, 0.15) is 11.6 Å². The molecule has 0 aliphatic heterocycles. The normalized spacial score (nSPS) is 11.3. The zero-order chi connectivity index (χ0) is 13.5. The second-order valence-electron chi connectivity index (χ2n) is 4.55. The summed E-state index contributed by atoms with van der Waals surface area (Å²) in [6.07, 6.45) is 0.977. The first-order valence-corrected chi connectivity index (χ1v) is 5.96.